The number of likely N-dealkylation sites (tertiary alicyclic amines) is 1. The number of halogens is 2. The number of benzene rings is 2. The van der Waals surface area contributed by atoms with Gasteiger partial charge in [-0.15, -0.1) is 0 Å². The van der Waals surface area contributed by atoms with Crippen molar-refractivity contribution >= 4 is 46.0 Å². The molecule has 2 amide bonds. The highest BCUT2D eigenvalue weighted by atomic mass is 35.5. The molecular weight excluding hydrogens is 599 g/mol. The zero-order valence-electron chi connectivity index (χ0n) is 25.8. The molecule has 0 spiro atoms. The van der Waals surface area contributed by atoms with Crippen molar-refractivity contribution in [3.8, 4) is 0 Å². The van der Waals surface area contributed by atoms with E-state index in [9.17, 15) is 14.4 Å². The molecule has 2 aliphatic heterocycles. The predicted octanol–water partition coefficient (Wildman–Crippen LogP) is 5.80. The van der Waals surface area contributed by atoms with Crippen molar-refractivity contribution in [3.05, 3.63) is 80.1 Å². The summed E-state index contributed by atoms with van der Waals surface area (Å²) in [6.07, 6.45) is 6.48. The molecule has 0 radical (unpaired) electrons. The highest BCUT2D eigenvalue weighted by molar-refractivity contribution is 6.42. The van der Waals surface area contributed by atoms with Gasteiger partial charge in [0.2, 0.25) is 5.91 Å². The van der Waals surface area contributed by atoms with Gasteiger partial charge in [-0.2, -0.15) is 0 Å². The van der Waals surface area contributed by atoms with Crippen LogP contribution in [0, 0.1) is 0 Å². The highest BCUT2D eigenvalue weighted by Gasteiger charge is 2.48. The van der Waals surface area contributed by atoms with Gasteiger partial charge in [-0.1, -0.05) is 47.8 Å². The zero-order chi connectivity index (χ0) is 31.4. The molecule has 10 heteroatoms. The summed E-state index contributed by atoms with van der Waals surface area (Å²) in [5.41, 5.74) is 0.622. The first-order chi connectivity index (χ1) is 21.1. The molecule has 3 heterocycles. The third-order valence-electron chi connectivity index (χ3n) is 9.36. The summed E-state index contributed by atoms with van der Waals surface area (Å²) in [5, 5.41) is 4.83. The van der Waals surface area contributed by atoms with Gasteiger partial charge in [-0.25, -0.2) is 0 Å². The molecule has 2 aliphatic rings. The lowest BCUT2D eigenvalue weighted by Crippen LogP contribution is -2.66. The Hall–Kier alpha value is -2.91. The molecule has 8 nitrogen and oxygen atoms in total. The average molecular weight is 642 g/mol. The first-order valence-electron chi connectivity index (χ1n) is 15.5. The molecule has 2 saturated heterocycles. The molecule has 2 aromatic carbocycles. The Balaban J connectivity index is 1.39. The number of amides is 2. The van der Waals surface area contributed by atoms with Crippen LogP contribution in [0.25, 0.3) is 11.0 Å². The zero-order valence-corrected chi connectivity index (χ0v) is 27.3. The van der Waals surface area contributed by atoms with Crippen LogP contribution in [-0.2, 0) is 4.79 Å². The number of para-hydroxylation sites is 1. The Labute approximate surface area is 269 Å². The van der Waals surface area contributed by atoms with Gasteiger partial charge >= 0.3 is 0 Å². The number of carbonyl (C=O) groups is 2. The van der Waals surface area contributed by atoms with Crippen LogP contribution in [0.15, 0.2) is 57.7 Å². The van der Waals surface area contributed by atoms with Gasteiger partial charge in [0.05, 0.1) is 15.4 Å². The van der Waals surface area contributed by atoms with Gasteiger partial charge in [-0.3, -0.25) is 19.3 Å². The lowest BCUT2D eigenvalue weighted by atomic mass is 9.80. The highest BCUT2D eigenvalue weighted by Crippen LogP contribution is 2.38. The summed E-state index contributed by atoms with van der Waals surface area (Å²) in [7, 11) is 5.44. The maximum absolute atomic E-state index is 13.7. The molecule has 0 saturated carbocycles. The van der Waals surface area contributed by atoms with Crippen molar-refractivity contribution in [2.24, 2.45) is 0 Å². The maximum atomic E-state index is 13.7. The molecule has 1 N–H and O–H groups in total. The fourth-order valence-corrected chi connectivity index (χ4v) is 7.39. The summed E-state index contributed by atoms with van der Waals surface area (Å²) < 4.78 is 5.86. The van der Waals surface area contributed by atoms with E-state index in [1.165, 1.54) is 6.07 Å². The van der Waals surface area contributed by atoms with Gasteiger partial charge < -0.3 is 19.5 Å². The number of nitrogens with zero attached hydrogens (tertiary/aromatic N) is 3. The quantitative estimate of drug-likeness (QED) is 0.318. The predicted molar refractivity (Wildman–Crippen MR) is 176 cm³/mol. The molecule has 44 heavy (non-hydrogen) atoms. The van der Waals surface area contributed by atoms with Gasteiger partial charge in [0.15, 0.2) is 11.2 Å². The molecule has 3 aromatic rings. The standard InChI is InChI=1S/C34H42Cl2N4O4/c1-38(2)33(43)34(15-17-37-18-16-34)40-19-7-6-8-25(40)13-11-24(23-12-14-27(35)28(36)20-23)22-39(3)32(42)31-21-29(41)26-9-4-5-10-30(26)44-31/h4-5,9-10,12,14,20-21,24-25,37H,6-8,11,13,15-19,22H2,1-3H3. The van der Waals surface area contributed by atoms with Crippen molar-refractivity contribution in [2.75, 3.05) is 47.3 Å². The van der Waals surface area contributed by atoms with Gasteiger partial charge in [0.25, 0.3) is 5.91 Å². The first kappa shape index (κ1) is 32.5. The van der Waals surface area contributed by atoms with Crippen LogP contribution >= 0.6 is 23.2 Å². The van der Waals surface area contributed by atoms with Crippen LogP contribution in [0.2, 0.25) is 10.0 Å². The molecule has 1 aromatic heterocycles. The topological polar surface area (TPSA) is 86.1 Å². The minimum absolute atomic E-state index is 0.0117. The minimum Gasteiger partial charge on any atom is -0.451 e. The van der Waals surface area contributed by atoms with Gasteiger partial charge in [0.1, 0.15) is 11.1 Å². The van der Waals surface area contributed by atoms with Crippen LogP contribution in [0.1, 0.15) is 67.0 Å². The molecule has 5 rings (SSSR count). The SMILES string of the molecule is CN(C)C(=O)C1(N2CCCCC2CCC(CN(C)C(=O)c2cc(=O)c3ccccc3o2)c2ccc(Cl)c(Cl)c2)CCNCC1. The number of likely N-dealkylation sites (N-methyl/N-ethyl adjacent to an activating group) is 2. The number of hydrogen-bond donors (Lipinski definition) is 1. The molecular formula is C34H42Cl2N4O4. The van der Waals surface area contributed by atoms with Crippen LogP contribution < -0.4 is 10.7 Å². The van der Waals surface area contributed by atoms with Crippen molar-refractivity contribution in [2.45, 2.75) is 62.4 Å². The van der Waals surface area contributed by atoms with E-state index in [-0.39, 0.29) is 35.0 Å². The second kappa shape index (κ2) is 14.0. The summed E-state index contributed by atoms with van der Waals surface area (Å²) in [6.45, 7) is 2.95. The number of carbonyl (C=O) groups excluding carboxylic acids is 2. The van der Waals surface area contributed by atoms with Crippen molar-refractivity contribution < 1.29 is 14.0 Å². The summed E-state index contributed by atoms with van der Waals surface area (Å²) in [5.74, 6) is -0.211. The number of hydrogen-bond acceptors (Lipinski definition) is 6. The van der Waals surface area contributed by atoms with Crippen LogP contribution in [-0.4, -0.2) is 85.4 Å². The number of nitrogens with one attached hydrogen (secondary N) is 1. The smallest absolute Gasteiger partial charge is 0.289 e. The fraction of sp³-hybridized carbons (Fsp3) is 0.500. The molecule has 2 fully saturated rings. The molecule has 0 aliphatic carbocycles. The Bertz CT molecular complexity index is 1550. The monoisotopic (exact) mass is 640 g/mol. The fourth-order valence-electron chi connectivity index (χ4n) is 7.08. The van der Waals surface area contributed by atoms with E-state index in [1.54, 1.807) is 47.2 Å². The van der Waals surface area contributed by atoms with E-state index >= 15 is 0 Å². The Morgan fingerprint density at radius 2 is 1.80 bits per heavy atom. The Kier molecular flexibility index (Phi) is 10.4. The summed E-state index contributed by atoms with van der Waals surface area (Å²) >= 11 is 12.7. The normalized spacial score (nSPS) is 19.4. The summed E-state index contributed by atoms with van der Waals surface area (Å²) in [4.78, 5) is 45.8. The molecule has 2 atom stereocenters. The first-order valence-corrected chi connectivity index (χ1v) is 16.3. The van der Waals surface area contributed by atoms with Crippen LogP contribution in [0.5, 0.6) is 0 Å². The maximum Gasteiger partial charge on any atom is 0.289 e. The molecule has 2 unspecified atom stereocenters. The number of piperidine rings is 2. The third kappa shape index (κ3) is 6.84. The Morgan fingerprint density at radius 3 is 2.52 bits per heavy atom. The van der Waals surface area contributed by atoms with E-state index < -0.39 is 5.54 Å². The largest absolute Gasteiger partial charge is 0.451 e. The van der Waals surface area contributed by atoms with Crippen molar-refractivity contribution in [1.82, 2.24) is 20.0 Å². The van der Waals surface area contributed by atoms with Crippen LogP contribution in [0.3, 0.4) is 0 Å². The van der Waals surface area contributed by atoms with E-state index in [0.29, 0.717) is 27.6 Å². The molecule has 0 bridgehead atoms. The van der Waals surface area contributed by atoms with E-state index in [4.69, 9.17) is 27.6 Å². The van der Waals surface area contributed by atoms with Gasteiger partial charge in [-0.05, 0) is 88.0 Å². The second-order valence-electron chi connectivity index (χ2n) is 12.4. The van der Waals surface area contributed by atoms with Gasteiger partial charge in [0, 0.05) is 45.7 Å². The van der Waals surface area contributed by atoms with Crippen molar-refractivity contribution in [1.29, 1.82) is 0 Å². The number of fused-ring (bicyclic) bond motifs is 1. The van der Waals surface area contributed by atoms with E-state index in [2.05, 4.69) is 10.2 Å². The lowest BCUT2D eigenvalue weighted by Gasteiger charge is -2.51. The molecule has 236 valence electrons. The minimum atomic E-state index is -0.501. The van der Waals surface area contributed by atoms with Crippen LogP contribution in [0.4, 0.5) is 0 Å². The third-order valence-corrected chi connectivity index (χ3v) is 10.1. The lowest BCUT2D eigenvalue weighted by molar-refractivity contribution is -0.148. The Morgan fingerprint density at radius 1 is 1.05 bits per heavy atom. The average Bonchev–Trinajstić information content (AvgIpc) is 3.04. The summed E-state index contributed by atoms with van der Waals surface area (Å²) in [6, 6.07) is 14.1. The van der Waals surface area contributed by atoms with E-state index in [0.717, 1.165) is 70.1 Å². The van der Waals surface area contributed by atoms with Crippen molar-refractivity contribution in [3.63, 3.8) is 0 Å². The van der Waals surface area contributed by atoms with E-state index in [1.807, 2.05) is 26.2 Å². The number of rotatable bonds is 9. The second-order valence-corrected chi connectivity index (χ2v) is 13.2.